The molecule has 2 fully saturated rings. The molecule has 3 rings (SSSR count). The number of carbonyl (C=O) groups excluding carboxylic acids is 1. The molecule has 2 bridgehead atoms. The van der Waals surface area contributed by atoms with Gasteiger partial charge in [0.25, 0.3) is 5.91 Å². The van der Waals surface area contributed by atoms with E-state index >= 15 is 0 Å². The molecule has 1 aromatic rings. The van der Waals surface area contributed by atoms with E-state index < -0.39 is 5.97 Å². The Bertz CT molecular complexity index is 604. The third-order valence-electron chi connectivity index (χ3n) is 4.50. The Kier molecular flexibility index (Phi) is 5.01. The van der Waals surface area contributed by atoms with Crippen LogP contribution in [0, 0.1) is 5.92 Å². The number of carboxylic acids is 1. The Labute approximate surface area is 140 Å². The van der Waals surface area contributed by atoms with Crippen molar-refractivity contribution in [1.82, 2.24) is 9.80 Å². The van der Waals surface area contributed by atoms with Gasteiger partial charge in [-0.15, -0.1) is 0 Å². The van der Waals surface area contributed by atoms with Crippen molar-refractivity contribution in [1.29, 1.82) is 0 Å². The number of nitrogens with zero attached hydrogens (tertiary/aromatic N) is 2. The molecule has 2 heterocycles. The first-order chi connectivity index (χ1) is 11.6. The topological polar surface area (TPSA) is 79.3 Å². The molecule has 0 saturated carbocycles. The SMILES string of the molecule is COc1ccc(C(=O)N2C[C@H]3COC[C@@H]2CN(CC(=O)O)C3)cc1. The molecule has 0 aromatic heterocycles. The van der Waals surface area contributed by atoms with Crippen LogP contribution in [0.1, 0.15) is 10.4 Å². The molecule has 2 atom stereocenters. The first-order valence-electron chi connectivity index (χ1n) is 8.03. The molecule has 2 aliphatic heterocycles. The van der Waals surface area contributed by atoms with E-state index in [2.05, 4.69) is 0 Å². The Morgan fingerprint density at radius 3 is 2.62 bits per heavy atom. The van der Waals surface area contributed by atoms with Crippen LogP contribution in [0.3, 0.4) is 0 Å². The standard InChI is InChI=1S/C17H22N2O5/c1-23-15-4-2-13(3-5-15)17(22)19-7-12-6-18(9-16(20)21)8-14(19)11-24-10-12/h2-5,12,14H,6-11H2,1H3,(H,20,21)/t12-,14-/m0/s1. The van der Waals surface area contributed by atoms with Crippen LogP contribution in [0.5, 0.6) is 5.75 Å². The van der Waals surface area contributed by atoms with E-state index in [9.17, 15) is 9.59 Å². The first-order valence-corrected chi connectivity index (χ1v) is 8.03. The van der Waals surface area contributed by atoms with E-state index in [0.717, 1.165) is 0 Å². The quantitative estimate of drug-likeness (QED) is 0.866. The van der Waals surface area contributed by atoms with Crippen LogP contribution < -0.4 is 4.74 Å². The minimum Gasteiger partial charge on any atom is -0.497 e. The van der Waals surface area contributed by atoms with Crippen LogP contribution in [0.15, 0.2) is 24.3 Å². The number of ether oxygens (including phenoxy) is 2. The maximum absolute atomic E-state index is 12.9. The largest absolute Gasteiger partial charge is 0.497 e. The number of amides is 1. The van der Waals surface area contributed by atoms with Gasteiger partial charge in [-0.2, -0.15) is 0 Å². The minimum atomic E-state index is -0.844. The van der Waals surface area contributed by atoms with Crippen molar-refractivity contribution >= 4 is 11.9 Å². The van der Waals surface area contributed by atoms with Crippen LogP contribution >= 0.6 is 0 Å². The van der Waals surface area contributed by atoms with Crippen LogP contribution in [-0.4, -0.2) is 79.3 Å². The third kappa shape index (κ3) is 3.68. The van der Waals surface area contributed by atoms with Gasteiger partial charge in [0.15, 0.2) is 0 Å². The summed E-state index contributed by atoms with van der Waals surface area (Å²) in [6.07, 6.45) is 0. The second-order valence-electron chi connectivity index (χ2n) is 6.33. The average molecular weight is 334 g/mol. The normalized spacial score (nSPS) is 24.3. The third-order valence-corrected chi connectivity index (χ3v) is 4.50. The van der Waals surface area contributed by atoms with Gasteiger partial charge in [0, 0.05) is 31.1 Å². The number of methoxy groups -OCH3 is 1. The second-order valence-corrected chi connectivity index (χ2v) is 6.33. The van der Waals surface area contributed by atoms with Gasteiger partial charge in [-0.1, -0.05) is 0 Å². The Morgan fingerprint density at radius 1 is 1.21 bits per heavy atom. The predicted molar refractivity (Wildman–Crippen MR) is 86.2 cm³/mol. The van der Waals surface area contributed by atoms with Gasteiger partial charge in [0.2, 0.25) is 0 Å². The lowest BCUT2D eigenvalue weighted by atomic mass is 10.1. The summed E-state index contributed by atoms with van der Waals surface area (Å²) in [4.78, 5) is 27.7. The second kappa shape index (κ2) is 7.19. The Morgan fingerprint density at radius 2 is 1.96 bits per heavy atom. The number of aliphatic carboxylic acids is 1. The summed E-state index contributed by atoms with van der Waals surface area (Å²) in [5.74, 6) is -0.0598. The summed E-state index contributed by atoms with van der Waals surface area (Å²) in [5, 5.41) is 9.06. The van der Waals surface area contributed by atoms with Crippen molar-refractivity contribution in [3.05, 3.63) is 29.8 Å². The molecular weight excluding hydrogens is 312 g/mol. The Hall–Kier alpha value is -2.12. The fourth-order valence-corrected chi connectivity index (χ4v) is 3.41. The maximum atomic E-state index is 12.9. The van der Waals surface area contributed by atoms with E-state index in [1.165, 1.54) is 0 Å². The zero-order chi connectivity index (χ0) is 17.1. The zero-order valence-electron chi connectivity index (χ0n) is 13.7. The molecule has 7 nitrogen and oxygen atoms in total. The van der Waals surface area contributed by atoms with Crippen molar-refractivity contribution in [2.24, 2.45) is 5.92 Å². The van der Waals surface area contributed by atoms with Crippen LogP contribution in [0.25, 0.3) is 0 Å². The van der Waals surface area contributed by atoms with Gasteiger partial charge < -0.3 is 19.5 Å². The molecule has 24 heavy (non-hydrogen) atoms. The lowest BCUT2D eigenvalue weighted by molar-refractivity contribution is -0.138. The number of hydrogen-bond donors (Lipinski definition) is 1. The molecule has 0 radical (unpaired) electrons. The van der Waals surface area contributed by atoms with E-state index in [1.807, 2.05) is 9.80 Å². The maximum Gasteiger partial charge on any atom is 0.317 e. The number of hydrogen-bond acceptors (Lipinski definition) is 5. The van der Waals surface area contributed by atoms with E-state index in [1.54, 1.807) is 31.4 Å². The molecule has 7 heteroatoms. The summed E-state index contributed by atoms with van der Waals surface area (Å²) in [6.45, 7) is 2.73. The number of rotatable bonds is 4. The van der Waals surface area contributed by atoms with Crippen LogP contribution in [0.4, 0.5) is 0 Å². The molecule has 0 unspecified atom stereocenters. The summed E-state index contributed by atoms with van der Waals surface area (Å²) in [7, 11) is 1.59. The predicted octanol–water partition coefficient (Wildman–Crippen LogP) is 0.553. The fraction of sp³-hybridized carbons (Fsp3) is 0.529. The highest BCUT2D eigenvalue weighted by atomic mass is 16.5. The fourth-order valence-electron chi connectivity index (χ4n) is 3.41. The highest BCUT2D eigenvalue weighted by Crippen LogP contribution is 2.22. The van der Waals surface area contributed by atoms with Gasteiger partial charge in [-0.25, -0.2) is 0 Å². The van der Waals surface area contributed by atoms with Gasteiger partial charge in [0.1, 0.15) is 5.75 Å². The lowest BCUT2D eigenvalue weighted by Gasteiger charge is -2.30. The van der Waals surface area contributed by atoms with E-state index in [-0.39, 0.29) is 24.4 Å². The zero-order valence-corrected chi connectivity index (χ0v) is 13.7. The molecule has 130 valence electrons. The molecule has 1 N–H and O–H groups in total. The van der Waals surface area contributed by atoms with E-state index in [4.69, 9.17) is 14.6 Å². The number of carbonyl (C=O) groups is 2. The number of benzene rings is 1. The van der Waals surface area contributed by atoms with Crippen molar-refractivity contribution in [2.75, 3.05) is 46.5 Å². The Balaban J connectivity index is 1.79. The average Bonchev–Trinajstić information content (AvgIpc) is 2.84. The van der Waals surface area contributed by atoms with Gasteiger partial charge >= 0.3 is 5.97 Å². The van der Waals surface area contributed by atoms with Crippen LogP contribution in [-0.2, 0) is 9.53 Å². The van der Waals surface area contributed by atoms with Gasteiger partial charge in [-0.3, -0.25) is 14.5 Å². The van der Waals surface area contributed by atoms with Crippen molar-refractivity contribution < 1.29 is 24.2 Å². The summed E-state index contributed by atoms with van der Waals surface area (Å²) >= 11 is 0. The molecule has 0 aliphatic carbocycles. The van der Waals surface area contributed by atoms with Crippen molar-refractivity contribution in [2.45, 2.75) is 6.04 Å². The smallest absolute Gasteiger partial charge is 0.317 e. The highest BCUT2D eigenvalue weighted by molar-refractivity contribution is 5.94. The van der Waals surface area contributed by atoms with Crippen molar-refractivity contribution in [3.63, 3.8) is 0 Å². The first kappa shape index (κ1) is 16.7. The minimum absolute atomic E-state index is 0.00241. The highest BCUT2D eigenvalue weighted by Gasteiger charge is 2.36. The number of carboxylic acid groups (broad SMARTS) is 1. The molecule has 2 saturated heterocycles. The van der Waals surface area contributed by atoms with Crippen LogP contribution in [0.2, 0.25) is 0 Å². The van der Waals surface area contributed by atoms with E-state index in [0.29, 0.717) is 44.2 Å². The monoisotopic (exact) mass is 334 g/mol. The molecular formula is C17H22N2O5. The number of fused-ring (bicyclic) bond motifs is 3. The summed E-state index contributed by atoms with van der Waals surface area (Å²) in [5.41, 5.74) is 0.605. The molecule has 0 spiro atoms. The molecule has 2 aliphatic rings. The van der Waals surface area contributed by atoms with Gasteiger partial charge in [-0.05, 0) is 24.3 Å². The molecule has 1 aromatic carbocycles. The summed E-state index contributed by atoms with van der Waals surface area (Å²) in [6, 6.07) is 6.92. The van der Waals surface area contributed by atoms with Gasteiger partial charge in [0.05, 0.1) is 32.9 Å². The molecule has 1 amide bonds. The van der Waals surface area contributed by atoms with Crippen molar-refractivity contribution in [3.8, 4) is 5.75 Å². The summed E-state index contributed by atoms with van der Waals surface area (Å²) < 4.78 is 10.8. The lowest BCUT2D eigenvalue weighted by Crippen LogP contribution is -2.47.